The number of aliphatic hydroxyl groups is 7. The van der Waals surface area contributed by atoms with E-state index in [0.717, 1.165) is 82.9 Å². The van der Waals surface area contributed by atoms with Crippen molar-refractivity contribution in [2.24, 2.45) is 37.9 Å². The van der Waals surface area contributed by atoms with Crippen molar-refractivity contribution in [3.63, 3.8) is 0 Å². The van der Waals surface area contributed by atoms with E-state index in [1.165, 1.54) is 47.2 Å². The second-order valence-electron chi connectivity index (χ2n) is 40.6. The van der Waals surface area contributed by atoms with E-state index >= 15 is 4.39 Å². The predicted molar refractivity (Wildman–Crippen MR) is 592 cm³/mol. The van der Waals surface area contributed by atoms with E-state index in [0.29, 0.717) is 17.6 Å². The highest BCUT2D eigenvalue weighted by atomic mass is 32.7. The zero-order chi connectivity index (χ0) is 116. The van der Waals surface area contributed by atoms with Gasteiger partial charge in [0.25, 0.3) is 0 Å². The van der Waals surface area contributed by atoms with Crippen LogP contribution in [0.3, 0.4) is 0 Å². The van der Waals surface area contributed by atoms with E-state index in [9.17, 15) is 90.4 Å². The van der Waals surface area contributed by atoms with Crippen molar-refractivity contribution in [1.29, 1.82) is 0 Å². The van der Waals surface area contributed by atoms with E-state index in [1.54, 1.807) is 166 Å². The first kappa shape index (κ1) is 148. The molecular formula is C93H151B5F5O33P4S9. The summed E-state index contributed by atoms with van der Waals surface area (Å²) in [6.07, 6.45) is 13.7. The molecule has 5 rings (SSSR count). The van der Waals surface area contributed by atoms with E-state index in [2.05, 4.69) is 24.8 Å². The van der Waals surface area contributed by atoms with Crippen molar-refractivity contribution >= 4 is 210 Å². The van der Waals surface area contributed by atoms with Crippen LogP contribution in [0.4, 0.5) is 22.0 Å². The van der Waals surface area contributed by atoms with Gasteiger partial charge in [-0.05, 0) is 6.26 Å². The SMILES string of the molecule is C#C[C@]1(F)[C@H]([B]C)O[C@H](CO)[C@H]1O.C#C[C@]1(F)[C@H]([B]C)O[C@H](CO)[C@H]1OP(=O)(OCCSC(=O)C(C)(C)C)OCCSC(=O)C(C)(C)C.C#C[C@]1(F)[C@H]([B]C)O[C@H](COP(=O)(OCCSC(=O)C(C)(C)C)OCCSC(=O)C(C)(C)C)[C@H]1O.CSCCOP(OCCSC(=O)C(C)(C)C)SC(C)C.[B][C@@H]1O[C@H](CO)[C@@H](O)[C@]1(F)C#C.[B][C@@H]1O[C@H](COP(=O)(OCCSC(=O)C(C)(C)C)OCCSC(=O)C(C)(C)C)[C@@H](O)[C@]1(F)C#C. The number of ether oxygens (including phenoxy) is 5. The van der Waals surface area contributed by atoms with Gasteiger partial charge >= 0.3 is 23.5 Å². The minimum absolute atomic E-state index is 0.0623. The fourth-order valence-corrected chi connectivity index (χ4v) is 24.7. The number of hydrogen-bond donors (Lipinski definition) is 7. The number of phosphoric acid groups is 3. The molecule has 5 fully saturated rings. The van der Waals surface area contributed by atoms with Crippen LogP contribution in [-0.4, -0.2) is 372 Å². The van der Waals surface area contributed by atoms with Crippen LogP contribution in [0.2, 0.25) is 20.5 Å². The van der Waals surface area contributed by atoms with Crippen LogP contribution >= 0.6 is 137 Å². The lowest BCUT2D eigenvalue weighted by molar-refractivity contribution is -0.118. The van der Waals surface area contributed by atoms with Gasteiger partial charge in [0.2, 0.25) is 35.9 Å². The zero-order valence-electron chi connectivity index (χ0n) is 90.0. The molecule has 0 aromatic heterocycles. The number of alkyl halides is 5. The van der Waals surface area contributed by atoms with Crippen LogP contribution < -0.4 is 0 Å². The summed E-state index contributed by atoms with van der Waals surface area (Å²) in [5.41, 5.74) is -15.8. The topological polar surface area (TPSA) is 460 Å². The Labute approximate surface area is 923 Å². The summed E-state index contributed by atoms with van der Waals surface area (Å²) in [6.45, 7) is 44.4. The first-order valence-electron chi connectivity index (χ1n) is 47.0. The largest absolute Gasteiger partial charge is 0.475 e. The summed E-state index contributed by atoms with van der Waals surface area (Å²) >= 11 is 10.9. The fourth-order valence-electron chi connectivity index (χ4n) is 11.3. The minimum Gasteiger partial charge on any atom is -0.394 e. The number of hydrogen-bond acceptors (Lipinski definition) is 42. The maximum Gasteiger partial charge on any atom is 0.475 e. The van der Waals surface area contributed by atoms with E-state index in [4.69, 9.17) is 127 Å². The molecular weight excluding hydrogens is 2210 g/mol. The Hall–Kier alpha value is -1.19. The lowest BCUT2D eigenvalue weighted by Gasteiger charge is -2.29. The van der Waals surface area contributed by atoms with Gasteiger partial charge in [-0.15, -0.1) is 32.1 Å². The highest BCUT2D eigenvalue weighted by molar-refractivity contribution is 8.53. The van der Waals surface area contributed by atoms with Crippen LogP contribution in [0, 0.1) is 99.6 Å². The lowest BCUT2D eigenvalue weighted by atomic mass is 9.67. The highest BCUT2D eigenvalue weighted by Crippen LogP contribution is 2.57. The molecule has 0 saturated carbocycles. The number of terminal acetylenes is 5. The molecule has 149 heavy (non-hydrogen) atoms. The Bertz CT molecular complexity index is 4400. The van der Waals surface area contributed by atoms with Gasteiger partial charge in [0, 0.05) is 89.2 Å². The van der Waals surface area contributed by atoms with Crippen molar-refractivity contribution in [3.8, 4) is 61.7 Å². The fraction of sp³-hybridized carbons (Fsp3) is 0.817. The van der Waals surface area contributed by atoms with Crippen LogP contribution in [0.1, 0.15) is 159 Å². The Morgan fingerprint density at radius 2 is 0.584 bits per heavy atom. The monoisotopic (exact) mass is 2360 g/mol. The summed E-state index contributed by atoms with van der Waals surface area (Å²) in [7, 11) is 1.10. The van der Waals surface area contributed by atoms with Crippen molar-refractivity contribution in [3.05, 3.63) is 0 Å². The van der Waals surface area contributed by atoms with Crippen LogP contribution in [0.5, 0.6) is 0 Å². The van der Waals surface area contributed by atoms with Gasteiger partial charge in [-0.25, -0.2) is 35.6 Å². The Morgan fingerprint density at radius 1 is 0.362 bits per heavy atom. The number of aliphatic hydroxyl groups excluding tert-OH is 7. The molecule has 5 saturated heterocycles. The zero-order valence-corrected chi connectivity index (χ0v) is 101. The molecule has 21 atom stereocenters. The third-order valence-electron chi connectivity index (χ3n) is 20.1. The molecule has 5 heterocycles. The summed E-state index contributed by atoms with van der Waals surface area (Å²) in [4.78, 5) is 84.2. The summed E-state index contributed by atoms with van der Waals surface area (Å²) in [6, 6.07) is -6.30. The molecule has 0 amide bonds. The number of carbonyl (C=O) groups excluding carboxylic acids is 7. The summed E-state index contributed by atoms with van der Waals surface area (Å²) < 4.78 is 198. The molecule has 5 aliphatic heterocycles. The molecule has 0 aliphatic carbocycles. The van der Waals surface area contributed by atoms with Gasteiger partial charge in [-0.3, -0.25) is 74.3 Å². The van der Waals surface area contributed by atoms with Gasteiger partial charge in [0.1, 0.15) is 76.7 Å². The summed E-state index contributed by atoms with van der Waals surface area (Å²) in [5.74, 6) is 12.0. The maximum atomic E-state index is 15.6. The number of rotatable bonds is 48. The molecule has 7 radical (unpaired) electrons. The first-order valence-corrected chi connectivity index (χ1v) is 62.4. The maximum absolute atomic E-state index is 15.6. The van der Waals surface area contributed by atoms with Crippen molar-refractivity contribution in [1.82, 2.24) is 0 Å². The first-order chi connectivity index (χ1) is 68.4. The molecule has 5 aliphatic rings. The Kier molecular flexibility index (Phi) is 67.1. The highest BCUT2D eigenvalue weighted by Gasteiger charge is 2.61. The molecule has 56 heteroatoms. The normalized spacial score (nSPS) is 27.3. The second-order valence-corrected chi connectivity index (χ2v) is 57.6. The van der Waals surface area contributed by atoms with Crippen LogP contribution in [0.15, 0.2) is 0 Å². The summed E-state index contributed by atoms with van der Waals surface area (Å²) in [5, 5.41) is 66.3. The lowest BCUT2D eigenvalue weighted by Crippen LogP contribution is -2.46. The minimum atomic E-state index is -4.44. The quantitative estimate of drug-likeness (QED) is 0.00978. The molecule has 0 spiro atoms. The second kappa shape index (κ2) is 67.6. The Morgan fingerprint density at radius 3 is 0.826 bits per heavy atom. The average Bonchev–Trinajstić information content (AvgIpc) is 1.60. The molecule has 33 nitrogen and oxygen atoms in total. The number of phosphoric ester groups is 3. The van der Waals surface area contributed by atoms with E-state index in [1.807, 2.05) is 38.5 Å². The van der Waals surface area contributed by atoms with E-state index in [-0.39, 0.29) is 115 Å². The van der Waals surface area contributed by atoms with Crippen LogP contribution in [-0.2, 0) is 121 Å². The number of thioether (sulfide) groups is 8. The average molecular weight is 2360 g/mol. The standard InChI is InChI=1S/2C22H36BFO8PS2.C21H33BFO8PS2.C13H27O3PS3.C8H11BFO3.C7H8BFO3/c1-9-22(24)16(25)15(32-17(22)23-8)14-31-33(28,29-10-12-34-18(26)20(2,3)4)30-11-13-35-19(27)21(5,6)7;1-9-22(24)16(15(14-25)31-17(22)23-8)32-33(28,29-10-12-34-18(26)20(2,3)4)30-11-13-35-19(27)21(5,6)7;1-8-21(23)15(24)14(31-16(21)22)13-30-32(27,28-9-11-33-17(25)19(2,3)4)29-10-12-34-18(26)20(5,6)7;1-11(2)20-17(15-7-9-18-6)16-8-10-19-12(14)13(3,4)5;1-3-8(10)6(12)5(4-11)13-7(8)9-2;1-2-7(9)5(11)4(3-10)12-6(7)8/h2*1,15-17,25H,10-14H2,2-8H3;1,14-16,24H,9-13H2,2-7H3;11H,7-10H2,1-6H3;1,5-7,11-12H,4H2,2H3;1,4-6,10-11H,3H2/t2*15-,16-,17-,22-;14-,15-,16-,21-;;5-,6-,7-,8-;4-,5-,6-,7-/m111.11/s1. The van der Waals surface area contributed by atoms with Gasteiger partial charge in [0.05, 0.1) is 116 Å². The molecule has 0 bridgehead atoms. The van der Waals surface area contributed by atoms with E-state index < -0.39 is 216 Å². The molecule has 845 valence electrons. The van der Waals surface area contributed by atoms with Gasteiger partial charge in [0.15, 0.2) is 57.6 Å². The third kappa shape index (κ3) is 49.7. The molecule has 0 aromatic rings. The number of carbonyl (C=O) groups is 7. The molecule has 7 N–H and O–H groups in total. The Balaban J connectivity index is 0.00000184. The van der Waals surface area contributed by atoms with Crippen molar-refractivity contribution in [2.45, 2.75) is 304 Å². The van der Waals surface area contributed by atoms with Crippen molar-refractivity contribution in [2.75, 3.05) is 138 Å². The smallest absolute Gasteiger partial charge is 0.394 e. The predicted octanol–water partition coefficient (Wildman–Crippen LogP) is 14.0. The number of halogens is 5. The van der Waals surface area contributed by atoms with Gasteiger partial charge < -0.3 is 68.5 Å². The molecule has 1 unspecified atom stereocenters. The third-order valence-corrected chi connectivity index (χ3v) is 37.6. The van der Waals surface area contributed by atoms with Crippen LogP contribution in [0.25, 0.3) is 0 Å². The van der Waals surface area contributed by atoms with Gasteiger partial charge in [-0.2, -0.15) is 11.8 Å². The van der Waals surface area contributed by atoms with Gasteiger partial charge in [-0.1, -0.05) is 303 Å². The van der Waals surface area contributed by atoms with Crippen molar-refractivity contribution < 1.29 is 178 Å². The molecule has 0 aromatic carbocycles.